The van der Waals surface area contributed by atoms with E-state index in [-0.39, 0.29) is 12.3 Å². The second-order valence-corrected chi connectivity index (χ2v) is 6.89. The number of ether oxygens (including phenoxy) is 1. The van der Waals surface area contributed by atoms with Gasteiger partial charge in [-0.3, -0.25) is 9.59 Å². The molecular weight excluding hydrogens is 397 g/mol. The predicted molar refractivity (Wildman–Crippen MR) is 110 cm³/mol. The summed E-state index contributed by atoms with van der Waals surface area (Å²) in [6.07, 6.45) is -0.0389. The molecule has 3 aromatic carbocycles. The number of hydrogen-bond acceptors (Lipinski definition) is 3. The van der Waals surface area contributed by atoms with Gasteiger partial charge in [-0.25, -0.2) is 0 Å². The van der Waals surface area contributed by atoms with Gasteiger partial charge in [-0.15, -0.1) is 0 Å². The number of amides is 1. The monoisotopic (exact) mass is 413 g/mol. The summed E-state index contributed by atoms with van der Waals surface area (Å²) in [6, 6.07) is 21.9. The van der Waals surface area contributed by atoms with Gasteiger partial charge in [0, 0.05) is 5.02 Å². The number of rotatable bonds is 6. The lowest BCUT2D eigenvalue weighted by Gasteiger charge is -2.19. The minimum Gasteiger partial charge on any atom is -0.426 e. The highest BCUT2D eigenvalue weighted by atomic mass is 35.5. The van der Waals surface area contributed by atoms with Gasteiger partial charge in [0.2, 0.25) is 0 Å². The second kappa shape index (κ2) is 9.40. The van der Waals surface area contributed by atoms with E-state index >= 15 is 0 Å². The van der Waals surface area contributed by atoms with E-state index in [1.807, 2.05) is 30.3 Å². The number of benzene rings is 3. The Balaban J connectivity index is 1.76. The molecule has 0 saturated carbocycles. The molecule has 1 N–H and O–H groups in total. The zero-order valence-corrected chi connectivity index (χ0v) is 16.3. The van der Waals surface area contributed by atoms with E-state index in [0.717, 1.165) is 5.56 Å². The van der Waals surface area contributed by atoms with Crippen LogP contribution in [0.2, 0.25) is 10.0 Å². The fourth-order valence-corrected chi connectivity index (χ4v) is 3.01. The maximum Gasteiger partial charge on any atom is 0.313 e. The maximum absolute atomic E-state index is 12.7. The van der Waals surface area contributed by atoms with E-state index in [2.05, 4.69) is 5.32 Å². The largest absolute Gasteiger partial charge is 0.426 e. The average Bonchev–Trinajstić information content (AvgIpc) is 2.70. The van der Waals surface area contributed by atoms with Crippen molar-refractivity contribution in [3.05, 3.63) is 100 Å². The van der Waals surface area contributed by atoms with Crippen LogP contribution in [0.4, 0.5) is 0 Å². The number of carbonyl (C=O) groups is 2. The first kappa shape index (κ1) is 19.9. The van der Waals surface area contributed by atoms with Crippen molar-refractivity contribution in [2.45, 2.75) is 12.5 Å². The average molecular weight is 414 g/mol. The Bertz CT molecular complexity index is 959. The van der Waals surface area contributed by atoms with Gasteiger partial charge < -0.3 is 10.1 Å². The van der Waals surface area contributed by atoms with Crippen molar-refractivity contribution in [3.8, 4) is 5.75 Å². The number of nitrogens with one attached hydrogen (secondary N) is 1. The summed E-state index contributed by atoms with van der Waals surface area (Å²) in [5.41, 5.74) is 1.13. The van der Waals surface area contributed by atoms with Gasteiger partial charge >= 0.3 is 5.97 Å². The van der Waals surface area contributed by atoms with Gasteiger partial charge in [-0.1, -0.05) is 65.7 Å². The van der Waals surface area contributed by atoms with Crippen LogP contribution in [0.1, 0.15) is 28.4 Å². The molecule has 0 fully saturated rings. The Kier molecular flexibility index (Phi) is 6.69. The first-order valence-corrected chi connectivity index (χ1v) is 9.35. The van der Waals surface area contributed by atoms with Crippen LogP contribution in [0, 0.1) is 0 Å². The Morgan fingerprint density at radius 1 is 0.857 bits per heavy atom. The molecule has 0 aliphatic carbocycles. The normalized spacial score (nSPS) is 11.5. The number of halogens is 2. The molecule has 1 amide bonds. The zero-order chi connectivity index (χ0) is 19.9. The van der Waals surface area contributed by atoms with Crippen molar-refractivity contribution in [2.24, 2.45) is 0 Å². The summed E-state index contributed by atoms with van der Waals surface area (Å²) in [7, 11) is 0. The molecule has 0 aromatic heterocycles. The Labute approximate surface area is 173 Å². The first-order chi connectivity index (χ1) is 13.5. The number of hydrogen-bond donors (Lipinski definition) is 1. The maximum atomic E-state index is 12.7. The minimum absolute atomic E-state index is 0.0389. The molecule has 142 valence electrons. The second-order valence-electron chi connectivity index (χ2n) is 6.05. The van der Waals surface area contributed by atoms with Gasteiger partial charge in [-0.2, -0.15) is 0 Å². The topological polar surface area (TPSA) is 55.4 Å². The number of esters is 1. The van der Waals surface area contributed by atoms with Gasteiger partial charge in [-0.05, 0) is 42.0 Å². The summed E-state index contributed by atoms with van der Waals surface area (Å²) in [6.45, 7) is 0. The van der Waals surface area contributed by atoms with Crippen molar-refractivity contribution in [2.75, 3.05) is 0 Å². The highest BCUT2D eigenvalue weighted by Gasteiger charge is 2.21. The summed E-state index contributed by atoms with van der Waals surface area (Å²) >= 11 is 12.0. The van der Waals surface area contributed by atoms with E-state index in [4.69, 9.17) is 27.9 Å². The SMILES string of the molecule is O=C(C[C@@H](NC(=O)c1ccccc1Cl)c1ccccc1)Oc1ccc(Cl)cc1. The van der Waals surface area contributed by atoms with Crippen molar-refractivity contribution in [1.29, 1.82) is 0 Å². The molecule has 3 aromatic rings. The third-order valence-electron chi connectivity index (χ3n) is 4.04. The van der Waals surface area contributed by atoms with E-state index in [1.54, 1.807) is 48.5 Å². The number of carbonyl (C=O) groups excluding carboxylic acids is 2. The van der Waals surface area contributed by atoms with E-state index in [0.29, 0.717) is 21.4 Å². The lowest BCUT2D eigenvalue weighted by Crippen LogP contribution is -2.31. The lowest BCUT2D eigenvalue weighted by atomic mass is 10.0. The Morgan fingerprint density at radius 3 is 2.18 bits per heavy atom. The molecule has 0 saturated heterocycles. The standard InChI is InChI=1S/C22H17Cl2NO3/c23-16-10-12-17(13-11-16)28-21(26)14-20(15-6-2-1-3-7-15)25-22(27)18-8-4-5-9-19(18)24/h1-13,20H,14H2,(H,25,27)/t20-/m1/s1. The molecule has 0 bridgehead atoms. The van der Waals surface area contributed by atoms with Crippen molar-refractivity contribution in [1.82, 2.24) is 5.32 Å². The molecule has 28 heavy (non-hydrogen) atoms. The fraction of sp³-hybridized carbons (Fsp3) is 0.0909. The van der Waals surface area contributed by atoms with Crippen LogP contribution in [-0.2, 0) is 4.79 Å². The minimum atomic E-state index is -0.565. The molecule has 6 heteroatoms. The highest BCUT2D eigenvalue weighted by molar-refractivity contribution is 6.33. The van der Waals surface area contributed by atoms with E-state index < -0.39 is 12.0 Å². The summed E-state index contributed by atoms with van der Waals surface area (Å²) in [5.74, 6) is -0.451. The van der Waals surface area contributed by atoms with E-state index in [1.165, 1.54) is 0 Å². The molecule has 3 rings (SSSR count). The van der Waals surface area contributed by atoms with Crippen LogP contribution in [-0.4, -0.2) is 11.9 Å². The smallest absolute Gasteiger partial charge is 0.313 e. The van der Waals surface area contributed by atoms with Gasteiger partial charge in [0.15, 0.2) is 0 Å². The van der Waals surface area contributed by atoms with Crippen LogP contribution in [0.15, 0.2) is 78.9 Å². The predicted octanol–water partition coefficient (Wildman–Crippen LogP) is 5.46. The molecule has 0 heterocycles. The van der Waals surface area contributed by atoms with Crippen LogP contribution in [0.25, 0.3) is 0 Å². The van der Waals surface area contributed by atoms with Gasteiger partial charge in [0.05, 0.1) is 23.0 Å². The van der Waals surface area contributed by atoms with Crippen LogP contribution in [0.3, 0.4) is 0 Å². The summed E-state index contributed by atoms with van der Waals surface area (Å²) < 4.78 is 5.36. The third-order valence-corrected chi connectivity index (χ3v) is 4.62. The fourth-order valence-electron chi connectivity index (χ4n) is 2.66. The Morgan fingerprint density at radius 2 is 1.50 bits per heavy atom. The van der Waals surface area contributed by atoms with E-state index in [9.17, 15) is 9.59 Å². The Hall–Kier alpha value is -2.82. The van der Waals surface area contributed by atoms with Gasteiger partial charge in [0.25, 0.3) is 5.91 Å². The molecule has 1 atom stereocenters. The van der Waals surface area contributed by atoms with Gasteiger partial charge in [0.1, 0.15) is 5.75 Å². The molecule has 0 radical (unpaired) electrons. The molecular formula is C22H17Cl2NO3. The molecule has 0 spiro atoms. The van der Waals surface area contributed by atoms with Crippen LogP contribution >= 0.6 is 23.2 Å². The van der Waals surface area contributed by atoms with Crippen molar-refractivity contribution < 1.29 is 14.3 Å². The first-order valence-electron chi connectivity index (χ1n) is 8.59. The molecule has 0 unspecified atom stereocenters. The summed E-state index contributed by atoms with van der Waals surface area (Å²) in [4.78, 5) is 25.1. The third kappa shape index (κ3) is 5.35. The van der Waals surface area contributed by atoms with Crippen molar-refractivity contribution in [3.63, 3.8) is 0 Å². The zero-order valence-electron chi connectivity index (χ0n) is 14.8. The molecule has 4 nitrogen and oxygen atoms in total. The molecule has 0 aliphatic rings. The highest BCUT2D eigenvalue weighted by Crippen LogP contribution is 2.22. The quantitative estimate of drug-likeness (QED) is 0.431. The lowest BCUT2D eigenvalue weighted by molar-refractivity contribution is -0.134. The molecule has 0 aliphatic heterocycles. The summed E-state index contributed by atoms with van der Waals surface area (Å²) in [5, 5.41) is 3.76. The van der Waals surface area contributed by atoms with Crippen molar-refractivity contribution >= 4 is 35.1 Å². The van der Waals surface area contributed by atoms with Crippen LogP contribution < -0.4 is 10.1 Å². The van der Waals surface area contributed by atoms with Crippen LogP contribution in [0.5, 0.6) is 5.75 Å².